The van der Waals surface area contributed by atoms with Gasteiger partial charge in [-0.25, -0.2) is 4.39 Å². The number of anilines is 1. The van der Waals surface area contributed by atoms with Gasteiger partial charge in [0.05, 0.1) is 16.6 Å². The summed E-state index contributed by atoms with van der Waals surface area (Å²) in [4.78, 5) is 22.0. The highest BCUT2D eigenvalue weighted by Gasteiger charge is 2.36. The van der Waals surface area contributed by atoms with Crippen LogP contribution < -0.4 is 4.90 Å². The van der Waals surface area contributed by atoms with Crippen LogP contribution in [0.1, 0.15) is 18.2 Å². The van der Waals surface area contributed by atoms with Crippen molar-refractivity contribution in [2.24, 2.45) is 0 Å². The summed E-state index contributed by atoms with van der Waals surface area (Å²) in [6.07, 6.45) is 3.44. The van der Waals surface area contributed by atoms with Gasteiger partial charge < -0.3 is 9.42 Å². The molecule has 0 radical (unpaired) electrons. The van der Waals surface area contributed by atoms with Gasteiger partial charge in [0.15, 0.2) is 5.82 Å². The minimum Gasteiger partial charge on any atom is -0.339 e. The van der Waals surface area contributed by atoms with Crippen molar-refractivity contribution in [2.45, 2.75) is 12.3 Å². The van der Waals surface area contributed by atoms with Gasteiger partial charge in [0.25, 0.3) is 0 Å². The van der Waals surface area contributed by atoms with E-state index >= 15 is 0 Å². The van der Waals surface area contributed by atoms with E-state index in [0.717, 1.165) is 5.56 Å². The summed E-state index contributed by atoms with van der Waals surface area (Å²) in [5.41, 5.74) is 0.931. The van der Waals surface area contributed by atoms with Gasteiger partial charge in [-0.3, -0.25) is 9.78 Å². The van der Waals surface area contributed by atoms with Crippen molar-refractivity contribution < 1.29 is 13.7 Å². The highest BCUT2D eigenvalue weighted by Crippen LogP contribution is 2.34. The summed E-state index contributed by atoms with van der Waals surface area (Å²) in [5, 5.41) is 3.92. The molecule has 0 aliphatic carbocycles. The van der Waals surface area contributed by atoms with Crippen LogP contribution in [0, 0.1) is 5.82 Å². The number of carbonyl (C=O) groups excluding carboxylic acids is 1. The van der Waals surface area contributed by atoms with Gasteiger partial charge in [0.1, 0.15) is 0 Å². The van der Waals surface area contributed by atoms with Crippen LogP contribution in [0.3, 0.4) is 0 Å². The van der Waals surface area contributed by atoms with E-state index in [9.17, 15) is 9.18 Å². The summed E-state index contributed by atoms with van der Waals surface area (Å²) in [7, 11) is 0. The SMILES string of the molecule is O=C1CC(c2nc(-c3ccncc3)no2)CN1c1cccc(Cl)c1F. The van der Waals surface area contributed by atoms with Crippen LogP contribution in [0.15, 0.2) is 47.2 Å². The molecular weight excluding hydrogens is 347 g/mol. The summed E-state index contributed by atoms with van der Waals surface area (Å²) in [6.45, 7) is 0.258. The Labute approximate surface area is 147 Å². The van der Waals surface area contributed by atoms with Crippen LogP contribution >= 0.6 is 11.6 Å². The molecule has 8 heteroatoms. The van der Waals surface area contributed by atoms with Crippen molar-refractivity contribution in [3.05, 3.63) is 59.5 Å². The fourth-order valence-electron chi connectivity index (χ4n) is 2.83. The van der Waals surface area contributed by atoms with E-state index in [1.165, 1.54) is 17.0 Å². The fraction of sp³-hybridized carbons (Fsp3) is 0.176. The third-order valence-corrected chi connectivity index (χ3v) is 4.37. The lowest BCUT2D eigenvalue weighted by molar-refractivity contribution is -0.117. The third-order valence-electron chi connectivity index (χ3n) is 4.08. The van der Waals surface area contributed by atoms with Crippen molar-refractivity contribution in [1.82, 2.24) is 15.1 Å². The Hall–Kier alpha value is -2.80. The maximum Gasteiger partial charge on any atom is 0.232 e. The maximum atomic E-state index is 14.2. The van der Waals surface area contributed by atoms with Gasteiger partial charge in [-0.15, -0.1) is 0 Å². The minimum absolute atomic E-state index is 0.0217. The molecule has 1 aliphatic heterocycles. The largest absolute Gasteiger partial charge is 0.339 e. The van der Waals surface area contributed by atoms with Crippen LogP contribution in [0.5, 0.6) is 0 Å². The third kappa shape index (κ3) is 2.87. The monoisotopic (exact) mass is 358 g/mol. The summed E-state index contributed by atoms with van der Waals surface area (Å²) >= 11 is 5.81. The molecule has 0 spiro atoms. The van der Waals surface area contributed by atoms with Gasteiger partial charge in [-0.2, -0.15) is 4.98 Å². The predicted molar refractivity (Wildman–Crippen MR) is 88.7 cm³/mol. The van der Waals surface area contributed by atoms with Gasteiger partial charge in [-0.1, -0.05) is 22.8 Å². The topological polar surface area (TPSA) is 72.1 Å². The number of nitrogens with zero attached hydrogens (tertiary/aromatic N) is 4. The second-order valence-corrected chi connectivity index (χ2v) is 6.08. The van der Waals surface area contributed by atoms with E-state index in [2.05, 4.69) is 15.1 Å². The molecule has 3 aromatic rings. The number of hydrogen-bond acceptors (Lipinski definition) is 5. The molecule has 1 fully saturated rings. The lowest BCUT2D eigenvalue weighted by atomic mass is 10.1. The van der Waals surface area contributed by atoms with Crippen molar-refractivity contribution in [3.8, 4) is 11.4 Å². The Bertz CT molecular complexity index is 931. The molecule has 1 unspecified atom stereocenters. The van der Waals surface area contributed by atoms with Crippen molar-refractivity contribution in [2.75, 3.05) is 11.4 Å². The molecule has 0 N–H and O–H groups in total. The minimum atomic E-state index is -0.610. The summed E-state index contributed by atoms with van der Waals surface area (Å²) in [6, 6.07) is 8.11. The van der Waals surface area contributed by atoms with Crippen LogP contribution in [0.2, 0.25) is 5.02 Å². The van der Waals surface area contributed by atoms with Crippen molar-refractivity contribution >= 4 is 23.2 Å². The molecule has 1 aliphatic rings. The maximum absolute atomic E-state index is 14.2. The average Bonchev–Trinajstić information content (AvgIpc) is 3.25. The zero-order valence-corrected chi connectivity index (χ0v) is 13.7. The van der Waals surface area contributed by atoms with Crippen molar-refractivity contribution in [1.29, 1.82) is 0 Å². The van der Waals surface area contributed by atoms with E-state index in [0.29, 0.717) is 11.7 Å². The summed E-state index contributed by atoms with van der Waals surface area (Å²) < 4.78 is 19.5. The van der Waals surface area contributed by atoms with Crippen LogP contribution in [0.4, 0.5) is 10.1 Å². The number of halogens is 2. The normalized spacial score (nSPS) is 17.3. The molecule has 3 heterocycles. The molecular formula is C17H12ClFN4O2. The van der Waals surface area contributed by atoms with E-state index in [1.54, 1.807) is 30.6 Å². The van der Waals surface area contributed by atoms with Crippen LogP contribution in [-0.2, 0) is 4.79 Å². The Balaban J connectivity index is 1.59. The number of hydrogen-bond donors (Lipinski definition) is 0. The zero-order chi connectivity index (χ0) is 17.4. The molecule has 1 amide bonds. The second kappa shape index (κ2) is 6.25. The first-order valence-corrected chi connectivity index (χ1v) is 7.99. The second-order valence-electron chi connectivity index (χ2n) is 5.67. The van der Waals surface area contributed by atoms with Crippen molar-refractivity contribution in [3.63, 3.8) is 0 Å². The molecule has 1 saturated heterocycles. The molecule has 4 rings (SSSR count). The Morgan fingerprint density at radius 1 is 1.24 bits per heavy atom. The van der Waals surface area contributed by atoms with Gasteiger partial charge >= 0.3 is 0 Å². The van der Waals surface area contributed by atoms with Gasteiger partial charge in [-0.05, 0) is 24.3 Å². The standard InChI is InChI=1S/C17H12ClFN4O2/c18-12-2-1-3-13(15(12)19)23-9-11(8-14(23)24)17-21-16(22-25-17)10-4-6-20-7-5-10/h1-7,11H,8-9H2. The molecule has 2 aromatic heterocycles. The lowest BCUT2D eigenvalue weighted by Gasteiger charge is -2.17. The molecule has 25 heavy (non-hydrogen) atoms. The molecule has 1 atom stereocenters. The van der Waals surface area contributed by atoms with Crippen LogP contribution in [-0.4, -0.2) is 27.6 Å². The zero-order valence-electron chi connectivity index (χ0n) is 12.9. The highest BCUT2D eigenvalue weighted by atomic mass is 35.5. The van der Waals surface area contributed by atoms with E-state index in [-0.39, 0.29) is 35.5 Å². The molecule has 0 bridgehead atoms. The molecule has 6 nitrogen and oxygen atoms in total. The van der Waals surface area contributed by atoms with Gasteiger partial charge in [0, 0.05) is 30.9 Å². The van der Waals surface area contributed by atoms with Gasteiger partial charge in [0.2, 0.25) is 17.6 Å². The molecule has 1 aromatic carbocycles. The first-order chi connectivity index (χ1) is 12.1. The average molecular weight is 359 g/mol. The van der Waals surface area contributed by atoms with Crippen LogP contribution in [0.25, 0.3) is 11.4 Å². The fourth-order valence-corrected chi connectivity index (χ4v) is 3.00. The Morgan fingerprint density at radius 3 is 2.84 bits per heavy atom. The lowest BCUT2D eigenvalue weighted by Crippen LogP contribution is -2.25. The quantitative estimate of drug-likeness (QED) is 0.717. The first kappa shape index (κ1) is 15.7. The van der Waals surface area contributed by atoms with E-state index < -0.39 is 5.82 Å². The molecule has 0 saturated carbocycles. The number of pyridine rings is 1. The van der Waals surface area contributed by atoms with E-state index in [4.69, 9.17) is 16.1 Å². The molecule has 126 valence electrons. The number of carbonyl (C=O) groups is 1. The number of aromatic nitrogens is 3. The predicted octanol–water partition coefficient (Wildman–Crippen LogP) is 3.44. The smallest absolute Gasteiger partial charge is 0.232 e. The van der Waals surface area contributed by atoms with E-state index in [1.807, 2.05) is 0 Å². The summed E-state index contributed by atoms with van der Waals surface area (Å²) in [5.74, 6) is -0.340. The number of benzene rings is 1. The highest BCUT2D eigenvalue weighted by molar-refractivity contribution is 6.31. The Kier molecular flexibility index (Phi) is 3.93. The Morgan fingerprint density at radius 2 is 2.04 bits per heavy atom. The first-order valence-electron chi connectivity index (χ1n) is 7.62. The number of rotatable bonds is 3. The number of amides is 1.